The van der Waals surface area contributed by atoms with Crippen molar-refractivity contribution in [2.24, 2.45) is 0 Å². The Morgan fingerprint density at radius 2 is 2.16 bits per heavy atom. The van der Waals surface area contributed by atoms with E-state index in [0.29, 0.717) is 28.5 Å². The molecule has 1 aromatic carbocycles. The SMILES string of the molecule is Cc1c(-c2ccn(C[C@@H](C)NC(=O)c3cc(-c4cccnc4)n[nH]3)n2)ccc(C#N)c1Cl. The van der Waals surface area contributed by atoms with Gasteiger partial charge in [0.1, 0.15) is 11.8 Å². The molecule has 0 aliphatic rings. The average Bonchev–Trinajstić information content (AvgIpc) is 3.46. The molecule has 2 N–H and O–H groups in total. The van der Waals surface area contributed by atoms with E-state index in [4.69, 9.17) is 16.9 Å². The number of aromatic nitrogens is 5. The first kappa shape index (κ1) is 21.3. The summed E-state index contributed by atoms with van der Waals surface area (Å²) in [6.07, 6.45) is 5.22. The van der Waals surface area contributed by atoms with Gasteiger partial charge in [-0.15, -0.1) is 0 Å². The fourth-order valence-electron chi connectivity index (χ4n) is 3.38. The molecule has 4 aromatic rings. The number of nitrogens with one attached hydrogen (secondary N) is 2. The zero-order valence-electron chi connectivity index (χ0n) is 17.5. The van der Waals surface area contributed by atoms with Crippen LogP contribution in [0.1, 0.15) is 28.5 Å². The molecule has 0 fully saturated rings. The smallest absolute Gasteiger partial charge is 0.269 e. The molecule has 0 aliphatic carbocycles. The Hall–Kier alpha value is -3.96. The number of hydrogen-bond donors (Lipinski definition) is 2. The average molecular weight is 446 g/mol. The summed E-state index contributed by atoms with van der Waals surface area (Å²) in [6, 6.07) is 12.7. The molecule has 1 atom stereocenters. The van der Waals surface area contributed by atoms with E-state index >= 15 is 0 Å². The molecule has 4 rings (SSSR count). The molecule has 0 saturated carbocycles. The molecule has 160 valence electrons. The van der Waals surface area contributed by atoms with Crippen LogP contribution in [0.2, 0.25) is 5.02 Å². The summed E-state index contributed by atoms with van der Waals surface area (Å²) in [5.74, 6) is -0.248. The third kappa shape index (κ3) is 4.38. The number of benzene rings is 1. The number of aromatic amines is 1. The van der Waals surface area contributed by atoms with E-state index in [0.717, 1.165) is 22.4 Å². The van der Waals surface area contributed by atoms with E-state index in [1.165, 1.54) is 0 Å². The minimum absolute atomic E-state index is 0.175. The van der Waals surface area contributed by atoms with Crippen molar-refractivity contribution in [1.82, 2.24) is 30.3 Å². The predicted octanol–water partition coefficient (Wildman–Crippen LogP) is 3.99. The van der Waals surface area contributed by atoms with Gasteiger partial charge < -0.3 is 5.32 Å². The number of nitrogens with zero attached hydrogens (tertiary/aromatic N) is 5. The molecule has 0 bridgehead atoms. The van der Waals surface area contributed by atoms with Crippen LogP contribution >= 0.6 is 11.6 Å². The van der Waals surface area contributed by atoms with Crippen LogP contribution in [0.5, 0.6) is 0 Å². The number of rotatable bonds is 6. The van der Waals surface area contributed by atoms with Gasteiger partial charge in [0.05, 0.1) is 28.5 Å². The van der Waals surface area contributed by atoms with Gasteiger partial charge in [-0.2, -0.15) is 15.5 Å². The molecule has 1 amide bonds. The lowest BCUT2D eigenvalue weighted by Crippen LogP contribution is -2.36. The molecule has 9 heteroatoms. The number of carbonyl (C=O) groups excluding carboxylic acids is 1. The molecule has 3 aromatic heterocycles. The lowest BCUT2D eigenvalue weighted by atomic mass is 10.0. The van der Waals surface area contributed by atoms with Crippen LogP contribution in [0.3, 0.4) is 0 Å². The second kappa shape index (κ2) is 9.04. The van der Waals surface area contributed by atoms with E-state index in [2.05, 4.69) is 31.7 Å². The number of nitriles is 1. The van der Waals surface area contributed by atoms with Crippen molar-refractivity contribution in [3.63, 3.8) is 0 Å². The number of hydrogen-bond acceptors (Lipinski definition) is 5. The summed E-state index contributed by atoms with van der Waals surface area (Å²) < 4.78 is 1.76. The maximum Gasteiger partial charge on any atom is 0.269 e. The van der Waals surface area contributed by atoms with Crippen LogP contribution in [0, 0.1) is 18.3 Å². The zero-order chi connectivity index (χ0) is 22.7. The Kier molecular flexibility index (Phi) is 6.01. The fourth-order valence-corrected chi connectivity index (χ4v) is 3.59. The summed E-state index contributed by atoms with van der Waals surface area (Å²) in [6.45, 7) is 4.25. The Balaban J connectivity index is 1.41. The molecule has 0 aliphatic heterocycles. The number of halogens is 1. The van der Waals surface area contributed by atoms with Crippen LogP contribution in [0.25, 0.3) is 22.5 Å². The minimum atomic E-state index is -0.248. The van der Waals surface area contributed by atoms with Crippen molar-refractivity contribution >= 4 is 17.5 Å². The lowest BCUT2D eigenvalue weighted by Gasteiger charge is -2.13. The summed E-state index contributed by atoms with van der Waals surface area (Å²) in [5.41, 5.74) is 4.73. The van der Waals surface area contributed by atoms with Crippen LogP contribution in [0.4, 0.5) is 0 Å². The van der Waals surface area contributed by atoms with Crippen LogP contribution in [-0.2, 0) is 6.54 Å². The first-order chi connectivity index (χ1) is 15.5. The van der Waals surface area contributed by atoms with Gasteiger partial charge in [-0.1, -0.05) is 17.7 Å². The fraction of sp³-hybridized carbons (Fsp3) is 0.174. The molecule has 0 saturated heterocycles. The van der Waals surface area contributed by atoms with Gasteiger partial charge in [-0.3, -0.25) is 19.6 Å². The van der Waals surface area contributed by atoms with Crippen molar-refractivity contribution in [2.45, 2.75) is 26.4 Å². The number of carbonyl (C=O) groups is 1. The second-order valence-corrected chi connectivity index (χ2v) is 7.80. The molecular formula is C23H20ClN7O. The van der Waals surface area contributed by atoms with E-state index in [9.17, 15) is 4.79 Å². The third-order valence-electron chi connectivity index (χ3n) is 5.04. The van der Waals surface area contributed by atoms with E-state index < -0.39 is 0 Å². The topological polar surface area (TPSA) is 112 Å². The Labute approximate surface area is 189 Å². The molecular weight excluding hydrogens is 426 g/mol. The highest BCUT2D eigenvalue weighted by Gasteiger charge is 2.16. The largest absolute Gasteiger partial charge is 0.346 e. The number of H-pyrrole nitrogens is 1. The van der Waals surface area contributed by atoms with Crippen LogP contribution in [-0.4, -0.2) is 36.9 Å². The first-order valence-corrected chi connectivity index (χ1v) is 10.3. The van der Waals surface area contributed by atoms with Gasteiger partial charge in [0.15, 0.2) is 0 Å². The van der Waals surface area contributed by atoms with Gasteiger partial charge in [-0.25, -0.2) is 0 Å². The zero-order valence-corrected chi connectivity index (χ0v) is 18.3. The third-order valence-corrected chi connectivity index (χ3v) is 5.53. The molecule has 0 radical (unpaired) electrons. The molecule has 0 spiro atoms. The standard InChI is InChI=1S/C23H20ClN7O/c1-14(27-23(32)21-10-20(28-29-21)17-4-3-8-26-12-17)13-31-9-7-19(30-31)18-6-5-16(11-25)22(24)15(18)2/h3-10,12,14H,13H2,1-2H3,(H,27,32)(H,28,29)/t14-/m1/s1. The lowest BCUT2D eigenvalue weighted by molar-refractivity contribution is 0.0931. The van der Waals surface area contributed by atoms with Crippen LogP contribution < -0.4 is 5.32 Å². The van der Waals surface area contributed by atoms with Crippen molar-refractivity contribution in [2.75, 3.05) is 0 Å². The molecule has 3 heterocycles. The van der Waals surface area contributed by atoms with Crippen molar-refractivity contribution < 1.29 is 4.79 Å². The summed E-state index contributed by atoms with van der Waals surface area (Å²) in [7, 11) is 0. The summed E-state index contributed by atoms with van der Waals surface area (Å²) in [4.78, 5) is 16.7. The van der Waals surface area contributed by atoms with Gasteiger partial charge in [0.2, 0.25) is 0 Å². The molecule has 0 unspecified atom stereocenters. The predicted molar refractivity (Wildman–Crippen MR) is 121 cm³/mol. The van der Waals surface area contributed by atoms with Crippen LogP contribution in [0.15, 0.2) is 55.0 Å². The number of amides is 1. The second-order valence-electron chi connectivity index (χ2n) is 7.42. The Bertz CT molecular complexity index is 1300. The van der Waals surface area contributed by atoms with Gasteiger partial charge in [0.25, 0.3) is 5.91 Å². The summed E-state index contributed by atoms with van der Waals surface area (Å²) >= 11 is 6.28. The first-order valence-electron chi connectivity index (χ1n) is 9.96. The van der Waals surface area contributed by atoms with Crippen molar-refractivity contribution in [3.05, 3.63) is 76.8 Å². The minimum Gasteiger partial charge on any atom is -0.346 e. The van der Waals surface area contributed by atoms with E-state index in [-0.39, 0.29) is 11.9 Å². The summed E-state index contributed by atoms with van der Waals surface area (Å²) in [5, 5.41) is 24.1. The maximum absolute atomic E-state index is 12.6. The Morgan fingerprint density at radius 3 is 2.91 bits per heavy atom. The van der Waals surface area contributed by atoms with E-state index in [1.54, 1.807) is 29.2 Å². The van der Waals surface area contributed by atoms with Crippen molar-refractivity contribution in [3.8, 4) is 28.6 Å². The Morgan fingerprint density at radius 1 is 1.31 bits per heavy atom. The normalized spacial score (nSPS) is 11.7. The van der Waals surface area contributed by atoms with Gasteiger partial charge >= 0.3 is 0 Å². The maximum atomic E-state index is 12.6. The van der Waals surface area contributed by atoms with E-state index in [1.807, 2.05) is 44.3 Å². The van der Waals surface area contributed by atoms with Gasteiger partial charge in [0, 0.05) is 35.8 Å². The molecule has 32 heavy (non-hydrogen) atoms. The highest BCUT2D eigenvalue weighted by atomic mass is 35.5. The molecule has 8 nitrogen and oxygen atoms in total. The highest BCUT2D eigenvalue weighted by Crippen LogP contribution is 2.30. The number of pyridine rings is 1. The van der Waals surface area contributed by atoms with Gasteiger partial charge in [-0.05, 0) is 49.7 Å². The highest BCUT2D eigenvalue weighted by molar-refractivity contribution is 6.32. The quantitative estimate of drug-likeness (QED) is 0.466. The monoisotopic (exact) mass is 445 g/mol. The van der Waals surface area contributed by atoms with Crippen molar-refractivity contribution in [1.29, 1.82) is 5.26 Å².